The van der Waals surface area contributed by atoms with Gasteiger partial charge in [-0.25, -0.2) is 0 Å². The molecule has 0 aliphatic carbocycles. The summed E-state index contributed by atoms with van der Waals surface area (Å²) in [5, 5.41) is 0. The SMILES string of the molecule is CN(C)[Si](C)(C)N([SiH](C)C)[SiH](C)C. The molecule has 0 aliphatic rings. The van der Waals surface area contributed by atoms with E-state index in [1.807, 2.05) is 0 Å². The van der Waals surface area contributed by atoms with Gasteiger partial charge in [-0.05, 0) is 27.2 Å². The van der Waals surface area contributed by atoms with Crippen LogP contribution in [0.4, 0.5) is 0 Å². The molecule has 0 aromatic carbocycles. The van der Waals surface area contributed by atoms with Crippen molar-refractivity contribution in [3.63, 3.8) is 0 Å². The molecule has 0 rings (SSSR count). The van der Waals surface area contributed by atoms with E-state index in [1.54, 1.807) is 0 Å². The highest BCUT2D eigenvalue weighted by atomic mass is 28.4. The van der Waals surface area contributed by atoms with Crippen LogP contribution in [0.1, 0.15) is 0 Å². The van der Waals surface area contributed by atoms with Crippen molar-refractivity contribution in [2.24, 2.45) is 0 Å². The fourth-order valence-electron chi connectivity index (χ4n) is 2.09. The largest absolute Gasteiger partial charge is 0.361 e. The zero-order valence-corrected chi connectivity index (χ0v) is 13.9. The van der Waals surface area contributed by atoms with Gasteiger partial charge in [0, 0.05) is 0 Å². The summed E-state index contributed by atoms with van der Waals surface area (Å²) >= 11 is 0. The Morgan fingerprint density at radius 3 is 1.23 bits per heavy atom. The minimum Gasteiger partial charge on any atom is -0.361 e. The van der Waals surface area contributed by atoms with Gasteiger partial charge >= 0.3 is 0 Å². The molecule has 0 aliphatic heterocycles. The van der Waals surface area contributed by atoms with Crippen LogP contribution in [-0.2, 0) is 0 Å². The fraction of sp³-hybridized carbons (Fsp3) is 1.00. The molecule has 0 atom stereocenters. The maximum Gasteiger partial charge on any atom is 0.186 e. The van der Waals surface area contributed by atoms with Crippen molar-refractivity contribution in [2.75, 3.05) is 14.1 Å². The summed E-state index contributed by atoms with van der Waals surface area (Å²) in [5.41, 5.74) is 0. The summed E-state index contributed by atoms with van der Waals surface area (Å²) in [4.78, 5) is 0. The molecule has 2 nitrogen and oxygen atoms in total. The minimum absolute atomic E-state index is 0.609. The summed E-state index contributed by atoms with van der Waals surface area (Å²) in [7, 11) is 2.02. The van der Waals surface area contributed by atoms with Gasteiger partial charge in [0.15, 0.2) is 8.40 Å². The maximum absolute atomic E-state index is 2.94. The Labute approximate surface area is 88.5 Å². The van der Waals surface area contributed by atoms with Crippen LogP contribution in [0.2, 0.25) is 39.3 Å². The summed E-state index contributed by atoms with van der Waals surface area (Å²) in [6.07, 6.45) is 0. The number of rotatable bonds is 4. The van der Waals surface area contributed by atoms with E-state index in [9.17, 15) is 0 Å². The normalized spacial score (nSPS) is 13.8. The van der Waals surface area contributed by atoms with Crippen molar-refractivity contribution in [3.8, 4) is 0 Å². The van der Waals surface area contributed by atoms with Gasteiger partial charge in [0.2, 0.25) is 0 Å². The van der Waals surface area contributed by atoms with Gasteiger partial charge in [-0.1, -0.05) is 26.2 Å². The first-order valence-electron chi connectivity index (χ1n) is 5.17. The van der Waals surface area contributed by atoms with Gasteiger partial charge in [0.25, 0.3) is 0 Å². The smallest absolute Gasteiger partial charge is 0.186 e. The van der Waals surface area contributed by atoms with E-state index in [-0.39, 0.29) is 0 Å². The Morgan fingerprint density at radius 1 is 0.846 bits per heavy atom. The highest BCUT2D eigenvalue weighted by Gasteiger charge is 2.35. The molecule has 0 N–H and O–H groups in total. The maximum atomic E-state index is 2.94. The second-order valence-electron chi connectivity index (χ2n) is 4.98. The van der Waals surface area contributed by atoms with E-state index in [1.165, 1.54) is 0 Å². The average molecular weight is 235 g/mol. The molecule has 0 aromatic heterocycles. The summed E-state index contributed by atoms with van der Waals surface area (Å²) in [5.74, 6) is 0. The Morgan fingerprint density at radius 2 is 1.15 bits per heavy atom. The van der Waals surface area contributed by atoms with Gasteiger partial charge in [0.1, 0.15) is 0 Å². The lowest BCUT2D eigenvalue weighted by atomic mass is 11.3. The molecule has 0 heterocycles. The molecule has 80 valence electrons. The molecule has 0 saturated heterocycles. The third kappa shape index (κ3) is 3.32. The summed E-state index contributed by atoms with van der Waals surface area (Å²) < 4.78 is 5.42. The van der Waals surface area contributed by atoms with Crippen LogP contribution in [0, 0.1) is 0 Å². The van der Waals surface area contributed by atoms with Crippen LogP contribution < -0.4 is 0 Å². The molecule has 0 aromatic rings. The predicted octanol–water partition coefficient (Wildman–Crippen LogP) is 1.52. The average Bonchev–Trinajstić information content (AvgIpc) is 1.82. The van der Waals surface area contributed by atoms with Crippen molar-refractivity contribution in [1.82, 2.24) is 8.46 Å². The second kappa shape index (κ2) is 4.88. The lowest BCUT2D eigenvalue weighted by Crippen LogP contribution is -2.66. The lowest BCUT2D eigenvalue weighted by molar-refractivity contribution is 0.581. The predicted molar refractivity (Wildman–Crippen MR) is 70.8 cm³/mol. The quantitative estimate of drug-likeness (QED) is 0.681. The fourth-order valence-corrected chi connectivity index (χ4v) is 18.8. The zero-order chi connectivity index (χ0) is 10.8. The monoisotopic (exact) mass is 234 g/mol. The van der Waals surface area contributed by atoms with Crippen molar-refractivity contribution < 1.29 is 0 Å². The van der Waals surface area contributed by atoms with Crippen LogP contribution in [-0.4, -0.2) is 48.9 Å². The highest BCUT2D eigenvalue weighted by molar-refractivity contribution is 6.92. The van der Waals surface area contributed by atoms with Crippen molar-refractivity contribution in [2.45, 2.75) is 39.3 Å². The van der Waals surface area contributed by atoms with Crippen LogP contribution in [0.15, 0.2) is 0 Å². The lowest BCUT2D eigenvalue weighted by Gasteiger charge is -2.46. The Hall–Kier alpha value is 0.571. The molecular formula is C8H26N2Si3. The Bertz CT molecular complexity index is 149. The van der Waals surface area contributed by atoms with E-state index < -0.39 is 26.3 Å². The van der Waals surface area contributed by atoms with Crippen LogP contribution in [0.3, 0.4) is 0 Å². The highest BCUT2D eigenvalue weighted by Crippen LogP contribution is 2.16. The molecule has 0 unspecified atom stereocenters. The zero-order valence-electron chi connectivity index (χ0n) is 10.5. The Kier molecular flexibility index (Phi) is 5.09. The molecule has 0 amide bonds. The molecule has 0 radical (unpaired) electrons. The third-order valence-corrected chi connectivity index (χ3v) is 19.0. The molecule has 0 bridgehead atoms. The Balaban J connectivity index is 4.73. The first-order chi connectivity index (χ1) is 5.71. The van der Waals surface area contributed by atoms with Crippen molar-refractivity contribution >= 4 is 26.3 Å². The number of hydrogen-bond acceptors (Lipinski definition) is 2. The van der Waals surface area contributed by atoms with Gasteiger partial charge in [-0.3, -0.25) is 0 Å². The van der Waals surface area contributed by atoms with E-state index in [0.717, 1.165) is 0 Å². The molecular weight excluding hydrogens is 208 g/mol. The van der Waals surface area contributed by atoms with Crippen LogP contribution in [0.5, 0.6) is 0 Å². The van der Waals surface area contributed by atoms with E-state index in [0.29, 0.717) is 0 Å². The van der Waals surface area contributed by atoms with Gasteiger partial charge < -0.3 is 8.46 Å². The van der Waals surface area contributed by atoms with E-state index in [4.69, 9.17) is 0 Å². The minimum atomic E-state index is -1.25. The van der Waals surface area contributed by atoms with Crippen LogP contribution >= 0.6 is 0 Å². The van der Waals surface area contributed by atoms with E-state index in [2.05, 4.69) is 61.8 Å². The summed E-state index contributed by atoms with van der Waals surface area (Å²) in [6, 6.07) is 0. The van der Waals surface area contributed by atoms with Gasteiger partial charge in [0.05, 0.1) is 17.9 Å². The second-order valence-corrected chi connectivity index (χ2v) is 16.5. The van der Waals surface area contributed by atoms with E-state index >= 15 is 0 Å². The number of hydrogen-bond donors (Lipinski definition) is 0. The van der Waals surface area contributed by atoms with Gasteiger partial charge in [-0.2, -0.15) is 0 Å². The topological polar surface area (TPSA) is 6.48 Å². The van der Waals surface area contributed by atoms with Crippen molar-refractivity contribution in [1.29, 1.82) is 0 Å². The standard InChI is InChI=1S/C8H26N2Si3/c1-9(2)13(7,8)10(11(3)4)12(5)6/h11-12H,1-8H3. The van der Waals surface area contributed by atoms with Crippen molar-refractivity contribution in [3.05, 3.63) is 0 Å². The molecule has 13 heavy (non-hydrogen) atoms. The molecule has 0 fully saturated rings. The van der Waals surface area contributed by atoms with Crippen LogP contribution in [0.25, 0.3) is 0 Å². The first kappa shape index (κ1) is 13.6. The molecule has 0 saturated carbocycles. The summed E-state index contributed by atoms with van der Waals surface area (Å²) in [6.45, 7) is 14.8. The third-order valence-electron chi connectivity index (χ3n) is 2.84. The molecule has 5 heteroatoms. The van der Waals surface area contributed by atoms with Gasteiger partial charge in [-0.15, -0.1) is 0 Å². The number of nitrogens with zero attached hydrogens (tertiary/aromatic N) is 2. The first-order valence-corrected chi connectivity index (χ1v) is 13.7. The molecule has 0 spiro atoms.